The highest BCUT2D eigenvalue weighted by Gasteiger charge is 2.32. The van der Waals surface area contributed by atoms with Crippen molar-refractivity contribution < 1.29 is 14.3 Å². The van der Waals surface area contributed by atoms with Gasteiger partial charge in [-0.1, -0.05) is 30.3 Å². The number of rotatable bonds is 8. The number of carbonyl (C=O) groups is 1. The summed E-state index contributed by atoms with van der Waals surface area (Å²) in [5.74, 6) is 1.75. The number of hydrogen-bond acceptors (Lipinski definition) is 6. The van der Waals surface area contributed by atoms with Crippen molar-refractivity contribution in [1.82, 2.24) is 15.3 Å². The molecule has 4 rings (SSSR count). The molecule has 1 heterocycles. The van der Waals surface area contributed by atoms with E-state index in [-0.39, 0.29) is 18.1 Å². The first-order valence-electron chi connectivity index (χ1n) is 9.96. The number of anilines is 1. The Kier molecular flexibility index (Phi) is 6.23. The molecule has 160 valence electrons. The van der Waals surface area contributed by atoms with Gasteiger partial charge in [-0.3, -0.25) is 4.79 Å². The molecule has 31 heavy (non-hydrogen) atoms. The van der Waals surface area contributed by atoms with E-state index < -0.39 is 0 Å². The van der Waals surface area contributed by atoms with Crippen molar-refractivity contribution >= 4 is 34.2 Å². The molecule has 0 aliphatic heterocycles. The predicted octanol–water partition coefficient (Wildman–Crippen LogP) is 4.12. The van der Waals surface area contributed by atoms with Gasteiger partial charge < -0.3 is 20.1 Å². The first-order chi connectivity index (χ1) is 15.1. The summed E-state index contributed by atoms with van der Waals surface area (Å²) in [5, 5.41) is 7.75. The fourth-order valence-corrected chi connectivity index (χ4v) is 3.72. The average molecular weight is 439 g/mol. The van der Waals surface area contributed by atoms with E-state index in [1.165, 1.54) is 12.4 Å². The van der Waals surface area contributed by atoms with Gasteiger partial charge in [0.15, 0.2) is 11.5 Å². The van der Waals surface area contributed by atoms with E-state index >= 15 is 0 Å². The van der Waals surface area contributed by atoms with Crippen molar-refractivity contribution in [2.24, 2.45) is 0 Å². The third-order valence-corrected chi connectivity index (χ3v) is 5.43. The topological polar surface area (TPSA) is 85.4 Å². The maximum Gasteiger partial charge on any atom is 0.243 e. The fraction of sp³-hybridized carbons (Fsp3) is 0.261. The fourth-order valence-electron chi connectivity index (χ4n) is 3.51. The minimum absolute atomic E-state index is 0.00559. The van der Waals surface area contributed by atoms with Crippen LogP contribution in [0.15, 0.2) is 55.4 Å². The van der Waals surface area contributed by atoms with Crippen LogP contribution in [0, 0.1) is 0 Å². The summed E-state index contributed by atoms with van der Waals surface area (Å²) < 4.78 is 11.7. The van der Waals surface area contributed by atoms with Crippen LogP contribution in [0.2, 0.25) is 5.02 Å². The van der Waals surface area contributed by atoms with E-state index in [0.717, 1.165) is 29.3 Å². The number of ether oxygens (including phenoxy) is 2. The number of carbonyl (C=O) groups excluding carboxylic acids is 1. The number of aromatic nitrogens is 2. The normalized spacial score (nSPS) is 17.5. The van der Waals surface area contributed by atoms with Crippen LogP contribution in [0.4, 0.5) is 5.82 Å². The van der Waals surface area contributed by atoms with Crippen LogP contribution in [0.25, 0.3) is 10.9 Å². The zero-order valence-electron chi connectivity index (χ0n) is 17.1. The quantitative estimate of drug-likeness (QED) is 0.515. The van der Waals surface area contributed by atoms with E-state index in [1.54, 1.807) is 7.11 Å². The Morgan fingerprint density at radius 3 is 2.84 bits per heavy atom. The number of hydrogen-bond donors (Lipinski definition) is 2. The highest BCUT2D eigenvalue weighted by atomic mass is 35.5. The minimum Gasteiger partial charge on any atom is -0.493 e. The van der Waals surface area contributed by atoms with Gasteiger partial charge in [0.25, 0.3) is 0 Å². The Hall–Kier alpha value is -3.32. The molecule has 0 radical (unpaired) electrons. The molecule has 1 aliphatic carbocycles. The molecule has 1 saturated carbocycles. The van der Waals surface area contributed by atoms with E-state index in [0.29, 0.717) is 28.9 Å². The third-order valence-electron chi connectivity index (χ3n) is 5.19. The lowest BCUT2D eigenvalue weighted by molar-refractivity contribution is -0.118. The van der Waals surface area contributed by atoms with E-state index in [9.17, 15) is 4.79 Å². The Morgan fingerprint density at radius 1 is 1.26 bits per heavy atom. The molecule has 0 atom stereocenters. The zero-order valence-corrected chi connectivity index (χ0v) is 17.9. The first kappa shape index (κ1) is 20.9. The van der Waals surface area contributed by atoms with Gasteiger partial charge in [0, 0.05) is 41.9 Å². The second-order valence-corrected chi connectivity index (χ2v) is 7.78. The van der Waals surface area contributed by atoms with Gasteiger partial charge in [0.1, 0.15) is 18.2 Å². The molecular formula is C23H23ClN4O3. The molecule has 0 unspecified atom stereocenters. The monoisotopic (exact) mass is 438 g/mol. The summed E-state index contributed by atoms with van der Waals surface area (Å²) >= 11 is 6.08. The van der Waals surface area contributed by atoms with Crippen LogP contribution >= 0.6 is 11.6 Å². The van der Waals surface area contributed by atoms with Gasteiger partial charge >= 0.3 is 0 Å². The Labute approximate surface area is 185 Å². The maximum atomic E-state index is 11.4. The number of methoxy groups -OCH3 is 1. The van der Waals surface area contributed by atoms with E-state index in [1.807, 2.05) is 36.4 Å². The third kappa shape index (κ3) is 4.88. The molecule has 1 fully saturated rings. The smallest absolute Gasteiger partial charge is 0.243 e. The summed E-state index contributed by atoms with van der Waals surface area (Å²) in [4.78, 5) is 20.2. The van der Waals surface area contributed by atoms with Crippen molar-refractivity contribution in [2.75, 3.05) is 12.4 Å². The molecular weight excluding hydrogens is 416 g/mol. The van der Waals surface area contributed by atoms with Crippen LogP contribution < -0.4 is 20.1 Å². The Morgan fingerprint density at radius 2 is 2.10 bits per heavy atom. The number of halogens is 1. The van der Waals surface area contributed by atoms with Crippen LogP contribution in [-0.2, 0) is 11.3 Å². The molecule has 1 amide bonds. The molecule has 0 spiro atoms. The summed E-state index contributed by atoms with van der Waals surface area (Å²) in [6.07, 6.45) is 4.24. The van der Waals surface area contributed by atoms with Gasteiger partial charge in [0.05, 0.1) is 12.6 Å². The number of fused-ring (bicyclic) bond motifs is 1. The second-order valence-electron chi connectivity index (χ2n) is 7.35. The van der Waals surface area contributed by atoms with Crippen molar-refractivity contribution in [3.63, 3.8) is 0 Å². The van der Waals surface area contributed by atoms with Crippen LogP contribution in [0.1, 0.15) is 18.4 Å². The number of amides is 1. The SMILES string of the molecule is C=CC(=O)NC1CC(Oc2cc3c(NCc4cccc(Cl)c4)ncnc3cc2OC)C1. The molecule has 0 bridgehead atoms. The molecule has 3 aromatic rings. The highest BCUT2D eigenvalue weighted by Crippen LogP contribution is 2.37. The highest BCUT2D eigenvalue weighted by molar-refractivity contribution is 6.30. The van der Waals surface area contributed by atoms with Crippen molar-refractivity contribution in [3.8, 4) is 11.5 Å². The summed E-state index contributed by atoms with van der Waals surface area (Å²) in [7, 11) is 1.60. The first-order valence-corrected chi connectivity index (χ1v) is 10.3. The number of nitrogens with zero attached hydrogens (tertiary/aromatic N) is 2. The van der Waals surface area contributed by atoms with Crippen LogP contribution in [0.3, 0.4) is 0 Å². The minimum atomic E-state index is -0.167. The van der Waals surface area contributed by atoms with E-state index in [2.05, 4.69) is 27.2 Å². The number of nitrogens with one attached hydrogen (secondary N) is 2. The average Bonchev–Trinajstić information content (AvgIpc) is 2.75. The van der Waals surface area contributed by atoms with Crippen molar-refractivity contribution in [3.05, 3.63) is 66.0 Å². The molecule has 1 aliphatic rings. The van der Waals surface area contributed by atoms with Gasteiger partial charge in [-0.25, -0.2) is 9.97 Å². The van der Waals surface area contributed by atoms with Gasteiger partial charge in [-0.05, 0) is 29.8 Å². The second kappa shape index (κ2) is 9.22. The van der Waals surface area contributed by atoms with E-state index in [4.69, 9.17) is 21.1 Å². The summed E-state index contributed by atoms with van der Waals surface area (Å²) in [5.41, 5.74) is 1.80. The maximum absolute atomic E-state index is 11.4. The lowest BCUT2D eigenvalue weighted by Gasteiger charge is -2.35. The van der Waals surface area contributed by atoms with Crippen LogP contribution in [-0.4, -0.2) is 35.1 Å². The largest absolute Gasteiger partial charge is 0.493 e. The van der Waals surface area contributed by atoms with Gasteiger partial charge in [0.2, 0.25) is 5.91 Å². The molecule has 2 aromatic carbocycles. The molecule has 0 saturated heterocycles. The molecule has 1 aromatic heterocycles. The lowest BCUT2D eigenvalue weighted by Crippen LogP contribution is -2.48. The Balaban J connectivity index is 1.52. The van der Waals surface area contributed by atoms with Crippen molar-refractivity contribution in [1.29, 1.82) is 0 Å². The summed E-state index contributed by atoms with van der Waals surface area (Å²) in [6, 6.07) is 11.5. The molecule has 8 heteroatoms. The predicted molar refractivity (Wildman–Crippen MR) is 121 cm³/mol. The Bertz CT molecular complexity index is 1120. The summed E-state index contributed by atoms with van der Waals surface area (Å²) in [6.45, 7) is 4.04. The standard InChI is InChI=1S/C23H23ClN4O3/c1-3-22(29)28-16-8-17(9-16)31-21-10-18-19(11-20(21)30-2)26-13-27-23(18)25-12-14-5-4-6-15(24)7-14/h3-7,10-11,13,16-17H,1,8-9,12H2,2H3,(H,28,29)(H,25,26,27). The number of benzene rings is 2. The van der Waals surface area contributed by atoms with Crippen LogP contribution in [0.5, 0.6) is 11.5 Å². The molecule has 2 N–H and O–H groups in total. The zero-order chi connectivity index (χ0) is 21.8. The lowest BCUT2D eigenvalue weighted by atomic mass is 9.89. The van der Waals surface area contributed by atoms with Crippen molar-refractivity contribution in [2.45, 2.75) is 31.5 Å². The molecule has 7 nitrogen and oxygen atoms in total. The van der Waals surface area contributed by atoms with Gasteiger partial charge in [-0.2, -0.15) is 0 Å². The van der Waals surface area contributed by atoms with Gasteiger partial charge in [-0.15, -0.1) is 0 Å².